The number of hydrogen-bond acceptors (Lipinski definition) is 4. The summed E-state index contributed by atoms with van der Waals surface area (Å²) < 4.78 is 17.4. The van der Waals surface area contributed by atoms with Crippen molar-refractivity contribution in [1.29, 1.82) is 0 Å². The SMILES string of the molecule is COC(=O)C(CC(C)C)NC(=O)CNC(=O)NCc1ccc(F)cc1. The number of rotatable bonds is 8. The Morgan fingerprint density at radius 1 is 1.12 bits per heavy atom. The minimum absolute atomic E-state index is 0.191. The molecule has 25 heavy (non-hydrogen) atoms. The molecule has 3 N–H and O–H groups in total. The van der Waals surface area contributed by atoms with E-state index in [-0.39, 0.29) is 24.8 Å². The van der Waals surface area contributed by atoms with E-state index in [1.54, 1.807) is 12.1 Å². The van der Waals surface area contributed by atoms with Crippen molar-refractivity contribution in [3.05, 3.63) is 35.6 Å². The van der Waals surface area contributed by atoms with E-state index in [1.165, 1.54) is 19.2 Å². The summed E-state index contributed by atoms with van der Waals surface area (Å²) >= 11 is 0. The summed E-state index contributed by atoms with van der Waals surface area (Å²) in [5, 5.41) is 7.48. The quantitative estimate of drug-likeness (QED) is 0.614. The summed E-state index contributed by atoms with van der Waals surface area (Å²) in [5.74, 6) is -1.18. The lowest BCUT2D eigenvalue weighted by Crippen LogP contribution is -2.47. The number of nitrogens with one attached hydrogen (secondary N) is 3. The molecule has 1 unspecified atom stereocenters. The molecule has 0 aromatic heterocycles. The molecule has 0 aliphatic carbocycles. The van der Waals surface area contributed by atoms with E-state index in [4.69, 9.17) is 0 Å². The minimum Gasteiger partial charge on any atom is -0.467 e. The zero-order valence-electron chi connectivity index (χ0n) is 14.6. The second-order valence-electron chi connectivity index (χ2n) is 5.94. The van der Waals surface area contributed by atoms with Gasteiger partial charge in [-0.2, -0.15) is 0 Å². The first-order valence-corrected chi connectivity index (χ1v) is 7.95. The molecule has 3 amide bonds. The molecule has 1 atom stereocenters. The molecule has 7 nitrogen and oxygen atoms in total. The second-order valence-corrected chi connectivity index (χ2v) is 5.94. The fraction of sp³-hybridized carbons (Fsp3) is 0.471. The molecule has 0 spiro atoms. The lowest BCUT2D eigenvalue weighted by Gasteiger charge is -2.18. The number of carbonyl (C=O) groups is 3. The van der Waals surface area contributed by atoms with E-state index in [1.807, 2.05) is 13.8 Å². The lowest BCUT2D eigenvalue weighted by molar-refractivity contribution is -0.145. The summed E-state index contributed by atoms with van der Waals surface area (Å²) in [6, 6.07) is 4.40. The molecular weight excluding hydrogens is 329 g/mol. The van der Waals surface area contributed by atoms with Gasteiger partial charge in [0.05, 0.1) is 13.7 Å². The molecule has 0 saturated heterocycles. The molecule has 1 aromatic carbocycles. The molecule has 0 saturated carbocycles. The van der Waals surface area contributed by atoms with Crippen LogP contribution in [0.1, 0.15) is 25.8 Å². The van der Waals surface area contributed by atoms with Crippen LogP contribution >= 0.6 is 0 Å². The standard InChI is InChI=1S/C17H24FN3O4/c1-11(2)8-14(16(23)25-3)21-15(22)10-20-17(24)19-9-12-4-6-13(18)7-5-12/h4-7,11,14H,8-10H2,1-3H3,(H,21,22)(H2,19,20,24). The molecule has 8 heteroatoms. The van der Waals surface area contributed by atoms with Crippen LogP contribution in [0, 0.1) is 11.7 Å². The van der Waals surface area contributed by atoms with Crippen molar-refractivity contribution < 1.29 is 23.5 Å². The molecule has 0 bridgehead atoms. The topological polar surface area (TPSA) is 96.5 Å². The Labute approximate surface area is 146 Å². The minimum atomic E-state index is -0.749. The van der Waals surface area contributed by atoms with Crippen LogP contribution in [-0.2, 0) is 20.9 Å². The maximum absolute atomic E-state index is 12.8. The van der Waals surface area contributed by atoms with Gasteiger partial charge in [0.15, 0.2) is 0 Å². The first-order valence-electron chi connectivity index (χ1n) is 7.95. The van der Waals surface area contributed by atoms with E-state index in [2.05, 4.69) is 20.7 Å². The number of esters is 1. The molecule has 138 valence electrons. The van der Waals surface area contributed by atoms with Gasteiger partial charge in [-0.1, -0.05) is 26.0 Å². The number of halogens is 1. The number of carbonyl (C=O) groups excluding carboxylic acids is 3. The van der Waals surface area contributed by atoms with Crippen molar-refractivity contribution in [3.8, 4) is 0 Å². The van der Waals surface area contributed by atoms with Crippen LogP contribution in [0.5, 0.6) is 0 Å². The van der Waals surface area contributed by atoms with Crippen molar-refractivity contribution >= 4 is 17.9 Å². The maximum Gasteiger partial charge on any atom is 0.328 e. The van der Waals surface area contributed by atoms with Crippen LogP contribution in [0.2, 0.25) is 0 Å². The van der Waals surface area contributed by atoms with Crippen LogP contribution in [0.4, 0.5) is 9.18 Å². The molecule has 0 aliphatic rings. The van der Waals surface area contributed by atoms with E-state index >= 15 is 0 Å². The maximum atomic E-state index is 12.8. The number of urea groups is 1. The zero-order valence-corrected chi connectivity index (χ0v) is 14.6. The fourth-order valence-electron chi connectivity index (χ4n) is 2.08. The molecule has 1 rings (SSSR count). The fourth-order valence-corrected chi connectivity index (χ4v) is 2.08. The third-order valence-corrected chi connectivity index (χ3v) is 3.30. The van der Waals surface area contributed by atoms with Crippen LogP contribution < -0.4 is 16.0 Å². The van der Waals surface area contributed by atoms with Gasteiger partial charge in [-0.25, -0.2) is 14.0 Å². The van der Waals surface area contributed by atoms with Gasteiger partial charge < -0.3 is 20.7 Å². The molecule has 0 fully saturated rings. The van der Waals surface area contributed by atoms with Crippen molar-refractivity contribution in [2.45, 2.75) is 32.9 Å². The molecule has 0 heterocycles. The van der Waals surface area contributed by atoms with Crippen molar-refractivity contribution in [1.82, 2.24) is 16.0 Å². The molecular formula is C17H24FN3O4. The summed E-state index contributed by atoms with van der Waals surface area (Å²) in [4.78, 5) is 35.2. The summed E-state index contributed by atoms with van der Waals surface area (Å²) in [6.07, 6.45) is 0.440. The average molecular weight is 353 g/mol. The van der Waals surface area contributed by atoms with Gasteiger partial charge in [0, 0.05) is 6.54 Å². The highest BCUT2D eigenvalue weighted by atomic mass is 19.1. The van der Waals surface area contributed by atoms with E-state index in [9.17, 15) is 18.8 Å². The van der Waals surface area contributed by atoms with Gasteiger partial charge >= 0.3 is 12.0 Å². The average Bonchev–Trinajstić information content (AvgIpc) is 2.57. The number of ether oxygens (including phenoxy) is 1. The van der Waals surface area contributed by atoms with Gasteiger partial charge in [-0.15, -0.1) is 0 Å². The van der Waals surface area contributed by atoms with Crippen LogP contribution in [0.3, 0.4) is 0 Å². The Bertz CT molecular complexity index is 590. The van der Waals surface area contributed by atoms with E-state index in [0.717, 1.165) is 5.56 Å². The Morgan fingerprint density at radius 2 is 1.76 bits per heavy atom. The second kappa shape index (κ2) is 10.3. The monoisotopic (exact) mass is 353 g/mol. The summed E-state index contributed by atoms with van der Waals surface area (Å²) in [7, 11) is 1.25. The van der Waals surface area contributed by atoms with E-state index < -0.39 is 23.9 Å². The normalized spacial score (nSPS) is 11.6. The predicted molar refractivity (Wildman–Crippen MR) is 90.0 cm³/mol. The van der Waals surface area contributed by atoms with E-state index in [0.29, 0.717) is 6.42 Å². The highest BCUT2D eigenvalue weighted by Gasteiger charge is 2.22. The van der Waals surface area contributed by atoms with Gasteiger partial charge in [-0.3, -0.25) is 4.79 Å². The molecule has 0 radical (unpaired) electrons. The molecule has 1 aromatic rings. The van der Waals surface area contributed by atoms with Crippen LogP contribution in [0.15, 0.2) is 24.3 Å². The summed E-state index contributed by atoms with van der Waals surface area (Å²) in [5.41, 5.74) is 0.726. The Kier molecular flexibility index (Phi) is 8.38. The zero-order chi connectivity index (χ0) is 18.8. The molecule has 0 aliphatic heterocycles. The van der Waals surface area contributed by atoms with Gasteiger partial charge in [0.25, 0.3) is 0 Å². The first-order chi connectivity index (χ1) is 11.8. The third-order valence-electron chi connectivity index (χ3n) is 3.30. The summed E-state index contributed by atoms with van der Waals surface area (Å²) in [6.45, 7) is 3.76. The van der Waals surface area contributed by atoms with Gasteiger partial charge in [0.1, 0.15) is 11.9 Å². The Morgan fingerprint density at radius 3 is 2.32 bits per heavy atom. The van der Waals surface area contributed by atoms with Crippen molar-refractivity contribution in [3.63, 3.8) is 0 Å². The lowest BCUT2D eigenvalue weighted by atomic mass is 10.0. The number of methoxy groups -OCH3 is 1. The predicted octanol–water partition coefficient (Wildman–Crippen LogP) is 1.33. The third kappa shape index (κ3) is 8.14. The number of hydrogen-bond donors (Lipinski definition) is 3. The Hall–Kier alpha value is -2.64. The van der Waals surface area contributed by atoms with Crippen LogP contribution in [0.25, 0.3) is 0 Å². The van der Waals surface area contributed by atoms with Gasteiger partial charge in [-0.05, 0) is 30.0 Å². The number of benzene rings is 1. The number of amides is 3. The highest BCUT2D eigenvalue weighted by molar-refractivity contribution is 5.87. The largest absolute Gasteiger partial charge is 0.467 e. The van der Waals surface area contributed by atoms with Crippen molar-refractivity contribution in [2.75, 3.05) is 13.7 Å². The van der Waals surface area contributed by atoms with Crippen molar-refractivity contribution in [2.24, 2.45) is 5.92 Å². The Balaban J connectivity index is 2.37. The smallest absolute Gasteiger partial charge is 0.328 e. The highest BCUT2D eigenvalue weighted by Crippen LogP contribution is 2.06. The van der Waals surface area contributed by atoms with Crippen LogP contribution in [-0.4, -0.2) is 37.6 Å². The van der Waals surface area contributed by atoms with Gasteiger partial charge in [0.2, 0.25) is 5.91 Å². The first kappa shape index (κ1) is 20.4.